The molecular weight excluding hydrogens is 192 g/mol. The zero-order chi connectivity index (χ0) is 11.1. The summed E-state index contributed by atoms with van der Waals surface area (Å²) in [6.45, 7) is 6.75. The Hall–Kier alpha value is -0.770. The average Bonchev–Trinajstić information content (AvgIpc) is 2.26. The van der Waals surface area contributed by atoms with E-state index in [4.69, 9.17) is 4.74 Å². The van der Waals surface area contributed by atoms with Crippen molar-refractivity contribution in [3.05, 3.63) is 0 Å². The van der Waals surface area contributed by atoms with Gasteiger partial charge in [-0.15, -0.1) is 0 Å². The fourth-order valence-electron chi connectivity index (χ4n) is 2.33. The summed E-state index contributed by atoms with van der Waals surface area (Å²) in [5.74, 6) is 0.768. The monoisotopic (exact) mass is 212 g/mol. The van der Waals surface area contributed by atoms with Gasteiger partial charge in [-0.05, 0) is 46.1 Å². The summed E-state index contributed by atoms with van der Waals surface area (Å²) in [6.07, 6.45) is 1.86. The van der Waals surface area contributed by atoms with E-state index < -0.39 is 5.60 Å². The molecule has 2 rings (SSSR count). The molecular formula is C11H20N2O2. The minimum Gasteiger partial charge on any atom is -0.444 e. The fraction of sp³-hybridized carbons (Fsp3) is 0.909. The second-order valence-electron chi connectivity index (χ2n) is 5.59. The van der Waals surface area contributed by atoms with Gasteiger partial charge in [0.25, 0.3) is 0 Å². The lowest BCUT2D eigenvalue weighted by molar-refractivity contribution is 0.0505. The third-order valence-corrected chi connectivity index (χ3v) is 3.06. The maximum atomic E-state index is 11.5. The van der Waals surface area contributed by atoms with Crippen LogP contribution >= 0.6 is 0 Å². The number of rotatable bonds is 1. The van der Waals surface area contributed by atoms with Gasteiger partial charge in [0, 0.05) is 12.1 Å². The quantitative estimate of drug-likeness (QED) is 0.688. The van der Waals surface area contributed by atoms with Gasteiger partial charge in [0.1, 0.15) is 5.60 Å². The maximum absolute atomic E-state index is 11.5. The van der Waals surface area contributed by atoms with E-state index in [0.717, 1.165) is 25.3 Å². The average molecular weight is 212 g/mol. The van der Waals surface area contributed by atoms with Crippen molar-refractivity contribution in [3.8, 4) is 0 Å². The smallest absolute Gasteiger partial charge is 0.407 e. The molecule has 1 amide bonds. The molecule has 0 bridgehead atoms. The normalized spacial score (nSPS) is 34.2. The Morgan fingerprint density at radius 1 is 1.40 bits per heavy atom. The van der Waals surface area contributed by atoms with E-state index in [1.165, 1.54) is 0 Å². The van der Waals surface area contributed by atoms with Crippen molar-refractivity contribution in [1.82, 2.24) is 10.6 Å². The van der Waals surface area contributed by atoms with Crippen molar-refractivity contribution >= 4 is 6.09 Å². The third kappa shape index (κ3) is 2.62. The summed E-state index contributed by atoms with van der Waals surface area (Å²) in [5, 5.41) is 6.30. The van der Waals surface area contributed by atoms with Gasteiger partial charge in [-0.2, -0.15) is 0 Å². The van der Waals surface area contributed by atoms with Crippen LogP contribution in [0.2, 0.25) is 0 Å². The topological polar surface area (TPSA) is 50.4 Å². The zero-order valence-electron chi connectivity index (χ0n) is 9.67. The van der Waals surface area contributed by atoms with Gasteiger partial charge < -0.3 is 15.4 Å². The first-order valence-corrected chi connectivity index (χ1v) is 5.67. The van der Waals surface area contributed by atoms with Crippen LogP contribution in [0.25, 0.3) is 0 Å². The van der Waals surface area contributed by atoms with E-state index in [0.29, 0.717) is 12.1 Å². The molecule has 2 N–H and O–H groups in total. The number of amides is 1. The van der Waals surface area contributed by atoms with E-state index >= 15 is 0 Å². The molecule has 1 aliphatic heterocycles. The van der Waals surface area contributed by atoms with Gasteiger partial charge in [-0.1, -0.05) is 0 Å². The predicted octanol–water partition coefficient (Wildman–Crippen LogP) is 1.26. The highest BCUT2D eigenvalue weighted by Gasteiger charge is 2.40. The second-order valence-corrected chi connectivity index (χ2v) is 5.59. The second kappa shape index (κ2) is 3.67. The van der Waals surface area contributed by atoms with Crippen LogP contribution in [0.4, 0.5) is 4.79 Å². The highest BCUT2D eigenvalue weighted by molar-refractivity contribution is 5.68. The fourth-order valence-corrected chi connectivity index (χ4v) is 2.33. The Morgan fingerprint density at radius 2 is 2.13 bits per heavy atom. The number of carbonyl (C=O) groups excluding carboxylic acids is 1. The maximum Gasteiger partial charge on any atom is 0.407 e. The Kier molecular flexibility index (Phi) is 2.63. The number of ether oxygens (including phenoxy) is 1. The van der Waals surface area contributed by atoms with Crippen LogP contribution in [-0.2, 0) is 4.74 Å². The molecule has 0 spiro atoms. The molecule has 3 atom stereocenters. The summed E-state index contributed by atoms with van der Waals surface area (Å²) in [5.41, 5.74) is -0.403. The van der Waals surface area contributed by atoms with Crippen molar-refractivity contribution in [2.45, 2.75) is 51.3 Å². The van der Waals surface area contributed by atoms with Gasteiger partial charge >= 0.3 is 6.09 Å². The molecule has 0 unspecified atom stereocenters. The molecule has 0 radical (unpaired) electrons. The first-order chi connectivity index (χ1) is 6.94. The molecule has 4 heteroatoms. The molecule has 0 aromatic heterocycles. The SMILES string of the molecule is CC(C)(C)OC(=O)N[C@@H]1C[C@@H]2CN[C@@H]2C1. The predicted molar refractivity (Wildman–Crippen MR) is 57.7 cm³/mol. The van der Waals surface area contributed by atoms with Crippen LogP contribution in [0.3, 0.4) is 0 Å². The van der Waals surface area contributed by atoms with Gasteiger partial charge in [0.05, 0.1) is 0 Å². The van der Waals surface area contributed by atoms with Crippen LogP contribution in [0.1, 0.15) is 33.6 Å². The lowest BCUT2D eigenvalue weighted by Crippen LogP contribution is -2.49. The van der Waals surface area contributed by atoms with Gasteiger partial charge in [0.2, 0.25) is 0 Å². The van der Waals surface area contributed by atoms with Crippen molar-refractivity contribution in [2.24, 2.45) is 5.92 Å². The highest BCUT2D eigenvalue weighted by Crippen LogP contribution is 2.31. The summed E-state index contributed by atoms with van der Waals surface area (Å²) in [6, 6.07) is 0.926. The number of fused-ring (bicyclic) bond motifs is 1. The van der Waals surface area contributed by atoms with Crippen molar-refractivity contribution in [2.75, 3.05) is 6.54 Å². The van der Waals surface area contributed by atoms with Crippen LogP contribution in [-0.4, -0.2) is 30.3 Å². The molecule has 0 aromatic rings. The Morgan fingerprint density at radius 3 is 2.53 bits per heavy atom. The summed E-state index contributed by atoms with van der Waals surface area (Å²) < 4.78 is 5.22. The number of carbonyl (C=O) groups is 1. The molecule has 1 saturated carbocycles. The van der Waals surface area contributed by atoms with Crippen LogP contribution < -0.4 is 10.6 Å². The van der Waals surface area contributed by atoms with Crippen LogP contribution in [0.5, 0.6) is 0 Å². The van der Waals surface area contributed by atoms with Crippen molar-refractivity contribution in [1.29, 1.82) is 0 Å². The lowest BCUT2D eigenvalue weighted by Gasteiger charge is -2.31. The van der Waals surface area contributed by atoms with Crippen molar-refractivity contribution in [3.63, 3.8) is 0 Å². The van der Waals surface area contributed by atoms with E-state index in [9.17, 15) is 4.79 Å². The minimum atomic E-state index is -0.403. The zero-order valence-corrected chi connectivity index (χ0v) is 9.67. The number of nitrogens with one attached hydrogen (secondary N) is 2. The summed E-state index contributed by atoms with van der Waals surface area (Å²) >= 11 is 0. The first-order valence-electron chi connectivity index (χ1n) is 5.67. The Labute approximate surface area is 90.8 Å². The number of hydrogen-bond acceptors (Lipinski definition) is 3. The highest BCUT2D eigenvalue weighted by atomic mass is 16.6. The van der Waals surface area contributed by atoms with E-state index in [1.807, 2.05) is 20.8 Å². The largest absolute Gasteiger partial charge is 0.444 e. The van der Waals surface area contributed by atoms with Crippen LogP contribution in [0, 0.1) is 5.92 Å². The lowest BCUT2D eigenvalue weighted by atomic mass is 9.96. The van der Waals surface area contributed by atoms with Crippen molar-refractivity contribution < 1.29 is 9.53 Å². The summed E-state index contributed by atoms with van der Waals surface area (Å²) in [4.78, 5) is 11.5. The minimum absolute atomic E-state index is 0.284. The first kappa shape index (κ1) is 10.7. The Bertz CT molecular complexity index is 248. The molecule has 1 saturated heterocycles. The number of alkyl carbamates (subject to hydrolysis) is 1. The summed E-state index contributed by atoms with van der Waals surface area (Å²) in [7, 11) is 0. The van der Waals surface area contributed by atoms with E-state index in [2.05, 4.69) is 10.6 Å². The molecule has 1 heterocycles. The molecule has 2 fully saturated rings. The van der Waals surface area contributed by atoms with Crippen LogP contribution in [0.15, 0.2) is 0 Å². The molecule has 15 heavy (non-hydrogen) atoms. The number of hydrogen-bond donors (Lipinski definition) is 2. The van der Waals surface area contributed by atoms with E-state index in [1.54, 1.807) is 0 Å². The van der Waals surface area contributed by atoms with Gasteiger partial charge in [-0.3, -0.25) is 0 Å². The van der Waals surface area contributed by atoms with E-state index in [-0.39, 0.29) is 6.09 Å². The van der Waals surface area contributed by atoms with Gasteiger partial charge in [0.15, 0.2) is 0 Å². The standard InChI is InChI=1S/C11H20N2O2/c1-11(2,3)15-10(14)13-8-4-7-6-12-9(7)5-8/h7-9,12H,4-6H2,1-3H3,(H,13,14)/t7-,8-,9-/m1/s1. The molecule has 86 valence electrons. The molecule has 2 aliphatic rings. The molecule has 0 aromatic carbocycles. The molecule has 4 nitrogen and oxygen atoms in total. The Balaban J connectivity index is 1.75. The molecule has 1 aliphatic carbocycles. The third-order valence-electron chi connectivity index (χ3n) is 3.06. The van der Waals surface area contributed by atoms with Gasteiger partial charge in [-0.25, -0.2) is 4.79 Å².